The molecular weight excluding hydrogens is 474 g/mol. The van der Waals surface area contributed by atoms with Gasteiger partial charge in [0.1, 0.15) is 0 Å². The van der Waals surface area contributed by atoms with E-state index in [4.69, 9.17) is 11.6 Å². The van der Waals surface area contributed by atoms with E-state index in [2.05, 4.69) is 15.2 Å². The van der Waals surface area contributed by atoms with Gasteiger partial charge in [0.15, 0.2) is 9.47 Å². The van der Waals surface area contributed by atoms with Gasteiger partial charge in [0.25, 0.3) is 0 Å². The van der Waals surface area contributed by atoms with Gasteiger partial charge in [-0.1, -0.05) is 47.7 Å². The summed E-state index contributed by atoms with van der Waals surface area (Å²) >= 11 is 10.4. The second-order valence-corrected chi connectivity index (χ2v) is 10.4. The minimum atomic E-state index is -0.134. The summed E-state index contributed by atoms with van der Waals surface area (Å²) in [5.74, 6) is 0.549. The Bertz CT molecular complexity index is 1100. The van der Waals surface area contributed by atoms with E-state index in [-0.39, 0.29) is 17.9 Å². The summed E-state index contributed by atoms with van der Waals surface area (Å²) in [5.41, 5.74) is 1.53. The van der Waals surface area contributed by atoms with Gasteiger partial charge >= 0.3 is 0 Å². The molecule has 0 spiro atoms. The maximum Gasteiger partial charge on any atom is 0.230 e. The number of thioether (sulfide) groups is 1. The van der Waals surface area contributed by atoms with Crippen molar-refractivity contribution in [2.24, 2.45) is 0 Å². The Morgan fingerprint density at radius 3 is 2.74 bits per heavy atom. The fraction of sp³-hybridized carbons (Fsp3) is 0.350. The zero-order valence-corrected chi connectivity index (χ0v) is 20.2. The van der Waals surface area contributed by atoms with Crippen molar-refractivity contribution in [2.45, 2.75) is 49.2 Å². The van der Waals surface area contributed by atoms with Crippen molar-refractivity contribution in [3.05, 3.63) is 40.4 Å². The summed E-state index contributed by atoms with van der Waals surface area (Å²) in [6.45, 7) is 3.37. The Morgan fingerprint density at radius 1 is 1.26 bits per heavy atom. The molecule has 11 heteroatoms. The third kappa shape index (κ3) is 5.25. The van der Waals surface area contributed by atoms with Crippen LogP contribution in [-0.2, 0) is 15.3 Å². The molecule has 0 bridgehead atoms. The van der Waals surface area contributed by atoms with Crippen LogP contribution in [0, 0.1) is 0 Å². The number of benzene rings is 1. The third-order valence-corrected chi connectivity index (χ3v) is 7.74. The second-order valence-electron chi connectivity index (χ2n) is 6.94. The summed E-state index contributed by atoms with van der Waals surface area (Å²) in [5, 5.41) is 12.2. The van der Waals surface area contributed by atoms with Crippen molar-refractivity contribution < 1.29 is 9.59 Å². The Labute approximate surface area is 197 Å². The van der Waals surface area contributed by atoms with E-state index in [9.17, 15) is 9.59 Å². The van der Waals surface area contributed by atoms with E-state index in [0.717, 1.165) is 22.9 Å². The number of carbonyl (C=O) groups excluding carboxylic acids is 2. The zero-order valence-electron chi connectivity index (χ0n) is 16.9. The quantitative estimate of drug-likeness (QED) is 0.303. The first-order valence-electron chi connectivity index (χ1n) is 9.75. The topological polar surface area (TPSA) is 79.3 Å². The van der Waals surface area contributed by atoms with Crippen LogP contribution in [0.15, 0.2) is 34.0 Å². The molecule has 2 aromatic heterocycles. The molecule has 0 aliphatic heterocycles. The fourth-order valence-corrected chi connectivity index (χ4v) is 5.97. The lowest BCUT2D eigenvalue weighted by Gasteiger charge is -2.18. The van der Waals surface area contributed by atoms with Gasteiger partial charge in [-0.3, -0.25) is 19.4 Å². The first kappa shape index (κ1) is 22.2. The molecule has 2 amide bonds. The van der Waals surface area contributed by atoms with Crippen molar-refractivity contribution in [1.29, 1.82) is 0 Å². The van der Waals surface area contributed by atoms with E-state index < -0.39 is 0 Å². The molecule has 1 aromatic carbocycles. The van der Waals surface area contributed by atoms with Crippen molar-refractivity contribution in [2.75, 3.05) is 9.80 Å². The molecule has 1 aliphatic carbocycles. The predicted octanol–water partition coefficient (Wildman–Crippen LogP) is 5.53. The van der Waals surface area contributed by atoms with E-state index in [1.54, 1.807) is 28.0 Å². The van der Waals surface area contributed by atoms with Crippen LogP contribution in [0.1, 0.15) is 38.8 Å². The average Bonchev–Trinajstić information content (AvgIpc) is 3.27. The normalized spacial score (nSPS) is 13.3. The number of aromatic nitrogens is 3. The first-order chi connectivity index (χ1) is 15.0. The van der Waals surface area contributed by atoms with Gasteiger partial charge in [0.2, 0.25) is 16.9 Å². The van der Waals surface area contributed by atoms with Crippen molar-refractivity contribution in [3.8, 4) is 0 Å². The molecule has 0 radical (unpaired) electrons. The standard InChI is InChI=1S/C20H20ClN5O2S3/c1-3-17(28)26(15-7-8-15)19-23-24-20(31-19)30-11-14-10-29-18(22-14)25(12(2)27)16-6-4-5-13(21)9-16/h4-6,9-10,15H,3,7-8,11H2,1-2H3. The number of hydrogen-bond donors (Lipinski definition) is 0. The van der Waals surface area contributed by atoms with Crippen LogP contribution in [0.3, 0.4) is 0 Å². The predicted molar refractivity (Wildman–Crippen MR) is 127 cm³/mol. The van der Waals surface area contributed by atoms with Crippen LogP contribution in [0.5, 0.6) is 0 Å². The number of anilines is 3. The van der Waals surface area contributed by atoms with E-state index >= 15 is 0 Å². The van der Waals surface area contributed by atoms with Crippen LogP contribution in [0.4, 0.5) is 16.0 Å². The van der Waals surface area contributed by atoms with Crippen molar-refractivity contribution >= 4 is 73.8 Å². The highest BCUT2D eigenvalue weighted by atomic mass is 35.5. The average molecular weight is 494 g/mol. The van der Waals surface area contributed by atoms with Gasteiger partial charge in [-0.25, -0.2) is 4.98 Å². The van der Waals surface area contributed by atoms with Crippen molar-refractivity contribution in [3.63, 3.8) is 0 Å². The number of amides is 2. The highest BCUT2D eigenvalue weighted by Crippen LogP contribution is 2.37. The zero-order chi connectivity index (χ0) is 22.0. The van der Waals surface area contributed by atoms with Crippen LogP contribution < -0.4 is 9.80 Å². The highest BCUT2D eigenvalue weighted by Gasteiger charge is 2.35. The maximum atomic E-state index is 12.3. The Balaban J connectivity index is 1.44. The molecule has 0 N–H and O–H groups in total. The molecule has 1 saturated carbocycles. The minimum absolute atomic E-state index is 0.0877. The summed E-state index contributed by atoms with van der Waals surface area (Å²) in [7, 11) is 0. The molecule has 0 atom stereocenters. The number of rotatable bonds is 8. The van der Waals surface area contributed by atoms with Crippen LogP contribution >= 0.6 is 46.0 Å². The second kappa shape index (κ2) is 9.64. The number of thiazole rings is 1. The van der Waals surface area contributed by atoms with Gasteiger partial charge in [0.05, 0.1) is 11.4 Å². The highest BCUT2D eigenvalue weighted by molar-refractivity contribution is 8.00. The molecule has 0 unspecified atom stereocenters. The molecular formula is C20H20ClN5O2S3. The number of halogens is 1. The molecule has 4 rings (SSSR count). The summed E-state index contributed by atoms with van der Waals surface area (Å²) in [4.78, 5) is 32.5. The third-order valence-electron chi connectivity index (χ3n) is 4.54. The SMILES string of the molecule is CCC(=O)N(c1nnc(SCc2csc(N(C(C)=O)c3cccc(Cl)c3)n2)s1)C1CC1. The number of carbonyl (C=O) groups is 2. The molecule has 1 aliphatic rings. The lowest BCUT2D eigenvalue weighted by molar-refractivity contribution is -0.118. The Morgan fingerprint density at radius 2 is 2.06 bits per heavy atom. The smallest absolute Gasteiger partial charge is 0.230 e. The van der Waals surface area contributed by atoms with Gasteiger partial charge in [-0.05, 0) is 31.0 Å². The molecule has 1 fully saturated rings. The van der Waals surface area contributed by atoms with Gasteiger partial charge in [-0.2, -0.15) is 0 Å². The van der Waals surface area contributed by atoms with E-state index in [1.807, 2.05) is 18.4 Å². The fourth-order valence-electron chi connectivity index (χ4n) is 2.97. The lowest BCUT2D eigenvalue weighted by atomic mass is 10.3. The van der Waals surface area contributed by atoms with Gasteiger partial charge in [0, 0.05) is 35.5 Å². The van der Waals surface area contributed by atoms with E-state index in [0.29, 0.717) is 33.1 Å². The van der Waals surface area contributed by atoms with Crippen LogP contribution in [0.2, 0.25) is 5.02 Å². The number of nitrogens with zero attached hydrogens (tertiary/aromatic N) is 5. The molecule has 0 saturated heterocycles. The molecule has 7 nitrogen and oxygen atoms in total. The summed E-state index contributed by atoms with van der Waals surface area (Å²) < 4.78 is 0.789. The van der Waals surface area contributed by atoms with E-state index in [1.165, 1.54) is 41.4 Å². The summed E-state index contributed by atoms with van der Waals surface area (Å²) in [6, 6.07) is 7.41. The van der Waals surface area contributed by atoms with Crippen molar-refractivity contribution in [1.82, 2.24) is 15.2 Å². The number of hydrogen-bond acceptors (Lipinski definition) is 8. The Kier molecular flexibility index (Phi) is 6.90. The molecule has 2 heterocycles. The molecule has 162 valence electrons. The molecule has 3 aromatic rings. The lowest BCUT2D eigenvalue weighted by Crippen LogP contribution is -2.32. The monoisotopic (exact) mass is 493 g/mol. The largest absolute Gasteiger partial charge is 0.284 e. The Hall–Kier alpha value is -2.01. The van der Waals surface area contributed by atoms with Gasteiger partial charge < -0.3 is 0 Å². The summed E-state index contributed by atoms with van der Waals surface area (Å²) in [6.07, 6.45) is 2.50. The first-order valence-corrected chi connectivity index (χ1v) is 12.8. The van der Waals surface area contributed by atoms with Gasteiger partial charge in [-0.15, -0.1) is 21.5 Å². The molecule has 31 heavy (non-hydrogen) atoms. The van der Waals surface area contributed by atoms with Crippen LogP contribution in [0.25, 0.3) is 0 Å². The minimum Gasteiger partial charge on any atom is -0.284 e. The maximum absolute atomic E-state index is 12.3. The van der Waals surface area contributed by atoms with Crippen LogP contribution in [-0.4, -0.2) is 33.0 Å².